The van der Waals surface area contributed by atoms with E-state index in [4.69, 9.17) is 5.11 Å². The molecule has 1 rings (SSSR count). The van der Waals surface area contributed by atoms with Crippen LogP contribution in [0.3, 0.4) is 0 Å². The van der Waals surface area contributed by atoms with Crippen molar-refractivity contribution in [2.75, 3.05) is 6.61 Å². The predicted octanol–water partition coefficient (Wildman–Crippen LogP) is 2.89. The minimum atomic E-state index is -1.25. The zero-order chi connectivity index (χ0) is 10.6. The van der Waals surface area contributed by atoms with E-state index in [0.29, 0.717) is 11.5 Å². The minimum Gasteiger partial charge on any atom is -0.393 e. The highest BCUT2D eigenvalue weighted by atomic mass is 19.1. The number of hydrogen-bond donors (Lipinski definition) is 1. The maximum Gasteiger partial charge on any atom is 0.148 e. The summed E-state index contributed by atoms with van der Waals surface area (Å²) in [5.74, 6) is 0.611. The Morgan fingerprint density at radius 1 is 1.21 bits per heavy atom. The van der Waals surface area contributed by atoms with Gasteiger partial charge in [-0.1, -0.05) is 38.1 Å². The van der Waals surface area contributed by atoms with E-state index in [1.54, 1.807) is 12.1 Å². The van der Waals surface area contributed by atoms with Crippen LogP contribution in [0.5, 0.6) is 0 Å². The summed E-state index contributed by atoms with van der Waals surface area (Å²) in [6.07, 6.45) is -0.237. The van der Waals surface area contributed by atoms with Crippen LogP contribution in [0, 0.1) is 5.92 Å². The summed E-state index contributed by atoms with van der Waals surface area (Å²) in [5.41, 5.74) is 1.77. The van der Waals surface area contributed by atoms with Gasteiger partial charge in [0.2, 0.25) is 0 Å². The molecule has 0 aliphatic rings. The van der Waals surface area contributed by atoms with Gasteiger partial charge in [0.05, 0.1) is 6.61 Å². The Bertz CT molecular complexity index is 266. The second-order valence-corrected chi connectivity index (χ2v) is 3.99. The van der Waals surface area contributed by atoms with Crippen LogP contribution in [0.25, 0.3) is 0 Å². The molecule has 78 valence electrons. The second-order valence-electron chi connectivity index (χ2n) is 3.99. The molecule has 0 aliphatic carbocycles. The summed E-state index contributed by atoms with van der Waals surface area (Å²) in [7, 11) is 0. The van der Waals surface area contributed by atoms with E-state index in [2.05, 4.69) is 13.8 Å². The van der Waals surface area contributed by atoms with Crippen LogP contribution in [-0.2, 0) is 6.42 Å². The summed E-state index contributed by atoms with van der Waals surface area (Å²) < 4.78 is 13.0. The lowest BCUT2D eigenvalue weighted by atomic mass is 10.0. The maximum atomic E-state index is 13.0. The summed E-state index contributed by atoms with van der Waals surface area (Å²) in [5, 5.41) is 8.63. The number of benzene rings is 1. The number of aliphatic hydroxyl groups is 1. The number of hydrogen-bond acceptors (Lipinski definition) is 1. The van der Waals surface area contributed by atoms with Gasteiger partial charge in [-0.15, -0.1) is 0 Å². The van der Waals surface area contributed by atoms with E-state index in [-0.39, 0.29) is 0 Å². The molecule has 0 bridgehead atoms. The van der Waals surface area contributed by atoms with Crippen LogP contribution < -0.4 is 0 Å². The molecule has 0 fully saturated rings. The van der Waals surface area contributed by atoms with Crippen molar-refractivity contribution in [3.05, 3.63) is 35.4 Å². The fraction of sp³-hybridized carbons (Fsp3) is 0.500. The fourth-order valence-corrected chi connectivity index (χ4v) is 1.44. The van der Waals surface area contributed by atoms with Gasteiger partial charge >= 0.3 is 0 Å². The van der Waals surface area contributed by atoms with Crippen LogP contribution in [-0.4, -0.2) is 11.7 Å². The predicted molar refractivity (Wildman–Crippen MR) is 55.9 cm³/mol. The first-order chi connectivity index (χ1) is 6.63. The Labute approximate surface area is 84.6 Å². The van der Waals surface area contributed by atoms with Crippen molar-refractivity contribution < 1.29 is 9.50 Å². The highest BCUT2D eigenvalue weighted by Crippen LogP contribution is 2.18. The Hall–Kier alpha value is -0.890. The third-order valence-electron chi connectivity index (χ3n) is 2.15. The normalized spacial score (nSPS) is 13.2. The van der Waals surface area contributed by atoms with Crippen molar-refractivity contribution in [3.8, 4) is 0 Å². The van der Waals surface area contributed by atoms with E-state index in [9.17, 15) is 4.39 Å². The second kappa shape index (κ2) is 5.11. The van der Waals surface area contributed by atoms with E-state index in [0.717, 1.165) is 6.42 Å². The van der Waals surface area contributed by atoms with Gasteiger partial charge in [0.15, 0.2) is 0 Å². The van der Waals surface area contributed by atoms with Crippen molar-refractivity contribution in [2.45, 2.75) is 26.4 Å². The van der Waals surface area contributed by atoms with Gasteiger partial charge in [0.1, 0.15) is 6.17 Å². The van der Waals surface area contributed by atoms with Crippen molar-refractivity contribution in [1.82, 2.24) is 0 Å². The smallest absolute Gasteiger partial charge is 0.148 e. The first kappa shape index (κ1) is 11.2. The molecule has 1 aromatic rings. The zero-order valence-corrected chi connectivity index (χ0v) is 8.70. The van der Waals surface area contributed by atoms with E-state index < -0.39 is 12.8 Å². The van der Waals surface area contributed by atoms with Crippen molar-refractivity contribution in [2.24, 2.45) is 5.92 Å². The first-order valence-electron chi connectivity index (χ1n) is 4.97. The molecule has 1 nitrogen and oxygen atoms in total. The van der Waals surface area contributed by atoms with Gasteiger partial charge in [-0.3, -0.25) is 0 Å². The van der Waals surface area contributed by atoms with Crippen molar-refractivity contribution >= 4 is 0 Å². The first-order valence-corrected chi connectivity index (χ1v) is 4.97. The molecule has 0 aliphatic heterocycles. The lowest BCUT2D eigenvalue weighted by Crippen LogP contribution is -1.98. The van der Waals surface area contributed by atoms with Gasteiger partial charge in [-0.2, -0.15) is 0 Å². The average Bonchev–Trinajstić information content (AvgIpc) is 2.17. The van der Waals surface area contributed by atoms with Crippen molar-refractivity contribution in [3.63, 3.8) is 0 Å². The highest BCUT2D eigenvalue weighted by Gasteiger charge is 2.07. The third-order valence-corrected chi connectivity index (χ3v) is 2.15. The van der Waals surface area contributed by atoms with Crippen molar-refractivity contribution in [1.29, 1.82) is 0 Å². The Morgan fingerprint density at radius 3 is 2.21 bits per heavy atom. The van der Waals surface area contributed by atoms with E-state index >= 15 is 0 Å². The van der Waals surface area contributed by atoms with Gasteiger partial charge in [0, 0.05) is 0 Å². The van der Waals surface area contributed by atoms with Crippen LogP contribution in [0.4, 0.5) is 4.39 Å². The Balaban J connectivity index is 2.68. The molecule has 0 heterocycles. The van der Waals surface area contributed by atoms with Crippen LogP contribution in [0.15, 0.2) is 24.3 Å². The van der Waals surface area contributed by atoms with E-state index in [1.165, 1.54) is 5.56 Å². The molecular weight excluding hydrogens is 179 g/mol. The SMILES string of the molecule is CC(C)Cc1ccc(C(F)CO)cc1. The molecule has 0 spiro atoms. The topological polar surface area (TPSA) is 20.2 Å². The van der Waals surface area contributed by atoms with Gasteiger partial charge < -0.3 is 5.11 Å². The van der Waals surface area contributed by atoms with Crippen LogP contribution in [0.1, 0.15) is 31.1 Å². The standard InChI is InChI=1S/C12H17FO/c1-9(2)7-10-3-5-11(6-4-10)12(13)8-14/h3-6,9,12,14H,7-8H2,1-2H3. The molecule has 2 heteroatoms. The molecule has 0 aromatic heterocycles. The quantitative estimate of drug-likeness (QED) is 0.785. The molecule has 1 aromatic carbocycles. The van der Waals surface area contributed by atoms with Gasteiger partial charge in [0.25, 0.3) is 0 Å². The summed E-state index contributed by atoms with van der Waals surface area (Å²) in [4.78, 5) is 0. The van der Waals surface area contributed by atoms with Crippen LogP contribution >= 0.6 is 0 Å². The molecular formula is C12H17FO. The number of halogens is 1. The highest BCUT2D eigenvalue weighted by molar-refractivity contribution is 5.24. The minimum absolute atomic E-state index is 0.441. The lowest BCUT2D eigenvalue weighted by molar-refractivity contribution is 0.180. The average molecular weight is 196 g/mol. The van der Waals surface area contributed by atoms with Gasteiger partial charge in [-0.25, -0.2) is 4.39 Å². The Kier molecular flexibility index (Phi) is 4.08. The van der Waals surface area contributed by atoms with Gasteiger partial charge in [-0.05, 0) is 23.5 Å². The summed E-state index contributed by atoms with van der Waals surface area (Å²) >= 11 is 0. The number of alkyl halides is 1. The fourth-order valence-electron chi connectivity index (χ4n) is 1.44. The van der Waals surface area contributed by atoms with Crippen LogP contribution in [0.2, 0.25) is 0 Å². The molecule has 0 saturated carbocycles. The molecule has 0 saturated heterocycles. The summed E-state index contributed by atoms with van der Waals surface area (Å²) in [6.45, 7) is 3.86. The Morgan fingerprint density at radius 2 is 1.79 bits per heavy atom. The maximum absolute atomic E-state index is 13.0. The van der Waals surface area contributed by atoms with E-state index in [1.807, 2.05) is 12.1 Å². The molecule has 1 N–H and O–H groups in total. The number of aliphatic hydroxyl groups excluding tert-OH is 1. The summed E-state index contributed by atoms with van der Waals surface area (Å²) in [6, 6.07) is 7.35. The molecule has 1 unspecified atom stereocenters. The number of rotatable bonds is 4. The molecule has 1 atom stereocenters. The molecule has 14 heavy (non-hydrogen) atoms. The molecule has 0 radical (unpaired) electrons. The molecule has 0 amide bonds. The lowest BCUT2D eigenvalue weighted by Gasteiger charge is -2.08. The largest absolute Gasteiger partial charge is 0.393 e. The third kappa shape index (κ3) is 3.11. The monoisotopic (exact) mass is 196 g/mol. The zero-order valence-electron chi connectivity index (χ0n) is 8.70.